The van der Waals surface area contributed by atoms with Crippen LogP contribution in [0.2, 0.25) is 0 Å². The van der Waals surface area contributed by atoms with E-state index in [-0.39, 0.29) is 0 Å². The van der Waals surface area contributed by atoms with Crippen LogP contribution in [-0.4, -0.2) is 28.6 Å². The number of hydrogen-bond acceptors (Lipinski definition) is 4. The van der Waals surface area contributed by atoms with Crippen LogP contribution in [0.1, 0.15) is 57.1 Å². The first kappa shape index (κ1) is 13.5. The highest BCUT2D eigenvalue weighted by Crippen LogP contribution is 2.37. The van der Waals surface area contributed by atoms with E-state index in [0.717, 1.165) is 36.6 Å². The lowest BCUT2D eigenvalue weighted by atomic mass is 9.78. The van der Waals surface area contributed by atoms with Crippen LogP contribution in [-0.2, 0) is 6.54 Å². The molecule has 1 aromatic heterocycles. The summed E-state index contributed by atoms with van der Waals surface area (Å²) in [5, 5.41) is 3.54. The molecule has 2 heterocycles. The number of aromatic nitrogens is 2. The van der Waals surface area contributed by atoms with Gasteiger partial charge in [-0.2, -0.15) is 0 Å². The van der Waals surface area contributed by atoms with Gasteiger partial charge in [-0.3, -0.25) is 4.98 Å². The van der Waals surface area contributed by atoms with Gasteiger partial charge in [-0.25, -0.2) is 4.98 Å². The third kappa shape index (κ3) is 3.05. The van der Waals surface area contributed by atoms with Crippen molar-refractivity contribution in [1.82, 2.24) is 15.3 Å². The maximum Gasteiger partial charge on any atom is 0.147 e. The van der Waals surface area contributed by atoms with Crippen molar-refractivity contribution < 1.29 is 0 Å². The third-order valence-electron chi connectivity index (χ3n) is 5.36. The van der Waals surface area contributed by atoms with Gasteiger partial charge in [-0.15, -0.1) is 0 Å². The molecule has 0 bridgehead atoms. The van der Waals surface area contributed by atoms with Crippen molar-refractivity contribution in [2.75, 3.05) is 11.4 Å². The van der Waals surface area contributed by atoms with Gasteiger partial charge in [0.2, 0.25) is 0 Å². The Hall–Kier alpha value is -1.16. The molecule has 2 unspecified atom stereocenters. The fraction of sp³-hybridized carbons (Fsp3) is 0.765. The molecule has 0 spiro atoms. The number of hydrogen-bond donors (Lipinski definition) is 1. The van der Waals surface area contributed by atoms with Gasteiger partial charge in [0.25, 0.3) is 0 Å². The van der Waals surface area contributed by atoms with Gasteiger partial charge in [-0.1, -0.05) is 12.8 Å². The van der Waals surface area contributed by atoms with Crippen LogP contribution in [0.5, 0.6) is 0 Å². The molecule has 0 aromatic carbocycles. The first-order valence-electron chi connectivity index (χ1n) is 8.71. The summed E-state index contributed by atoms with van der Waals surface area (Å²) in [7, 11) is 0. The second kappa shape index (κ2) is 5.91. The monoisotopic (exact) mass is 286 g/mol. The molecule has 4 nitrogen and oxygen atoms in total. The lowest BCUT2D eigenvalue weighted by molar-refractivity contribution is 0.242. The van der Waals surface area contributed by atoms with Crippen molar-refractivity contribution in [2.24, 2.45) is 5.92 Å². The van der Waals surface area contributed by atoms with Gasteiger partial charge in [0, 0.05) is 31.4 Å². The van der Waals surface area contributed by atoms with Gasteiger partial charge in [0.1, 0.15) is 5.82 Å². The summed E-state index contributed by atoms with van der Waals surface area (Å²) in [5.74, 6) is 2.00. The Morgan fingerprint density at radius 1 is 1.05 bits per heavy atom. The SMILES string of the molecule is c1ncc(N2CCCC3CCCCC32)nc1CNC1CC1. The number of fused-ring (bicyclic) bond motifs is 1. The minimum absolute atomic E-state index is 0.716. The lowest BCUT2D eigenvalue weighted by Gasteiger charge is -2.44. The average Bonchev–Trinajstić information content (AvgIpc) is 3.37. The zero-order valence-electron chi connectivity index (χ0n) is 12.8. The Labute approximate surface area is 127 Å². The molecule has 0 radical (unpaired) electrons. The molecule has 0 amide bonds. The zero-order chi connectivity index (χ0) is 14.1. The maximum absolute atomic E-state index is 4.89. The smallest absolute Gasteiger partial charge is 0.147 e. The van der Waals surface area contributed by atoms with Crippen molar-refractivity contribution in [3.8, 4) is 0 Å². The molecule has 3 aliphatic rings. The summed E-state index contributed by atoms with van der Waals surface area (Å²) in [6.45, 7) is 2.03. The van der Waals surface area contributed by atoms with E-state index in [2.05, 4.69) is 15.2 Å². The molecule has 2 aliphatic carbocycles. The predicted molar refractivity (Wildman–Crippen MR) is 84.2 cm³/mol. The molecule has 4 heteroatoms. The molecular formula is C17H26N4. The number of rotatable bonds is 4. The minimum Gasteiger partial charge on any atom is -0.352 e. The highest BCUT2D eigenvalue weighted by atomic mass is 15.2. The molecule has 1 saturated heterocycles. The van der Waals surface area contributed by atoms with E-state index in [0.29, 0.717) is 6.04 Å². The van der Waals surface area contributed by atoms with E-state index in [1.54, 1.807) is 0 Å². The maximum atomic E-state index is 4.89. The van der Waals surface area contributed by atoms with Gasteiger partial charge in [-0.05, 0) is 44.4 Å². The Bertz CT molecular complexity index is 483. The minimum atomic E-state index is 0.716. The lowest BCUT2D eigenvalue weighted by Crippen LogP contribution is -2.47. The van der Waals surface area contributed by atoms with Gasteiger partial charge in [0.05, 0.1) is 11.9 Å². The molecule has 3 fully saturated rings. The normalized spacial score (nSPS) is 29.2. The van der Waals surface area contributed by atoms with E-state index < -0.39 is 0 Å². The summed E-state index contributed by atoms with van der Waals surface area (Å²) in [6, 6.07) is 1.45. The average molecular weight is 286 g/mol. The molecule has 1 aliphatic heterocycles. The van der Waals surface area contributed by atoms with E-state index in [1.165, 1.54) is 51.4 Å². The summed E-state index contributed by atoms with van der Waals surface area (Å²) < 4.78 is 0. The van der Waals surface area contributed by atoms with Crippen molar-refractivity contribution in [3.05, 3.63) is 18.1 Å². The van der Waals surface area contributed by atoms with Crippen LogP contribution in [0.3, 0.4) is 0 Å². The highest BCUT2D eigenvalue weighted by molar-refractivity contribution is 5.39. The first-order valence-corrected chi connectivity index (χ1v) is 8.71. The predicted octanol–water partition coefficient (Wildman–Crippen LogP) is 2.89. The van der Waals surface area contributed by atoms with Crippen LogP contribution in [0.4, 0.5) is 5.82 Å². The molecule has 21 heavy (non-hydrogen) atoms. The fourth-order valence-corrected chi connectivity index (χ4v) is 4.06. The van der Waals surface area contributed by atoms with Crippen molar-refractivity contribution in [2.45, 2.75) is 70.0 Å². The quantitative estimate of drug-likeness (QED) is 0.924. The Morgan fingerprint density at radius 2 is 1.90 bits per heavy atom. The molecule has 1 N–H and O–H groups in total. The summed E-state index contributed by atoms with van der Waals surface area (Å²) in [4.78, 5) is 11.9. The Balaban J connectivity index is 1.49. The number of nitrogens with one attached hydrogen (secondary N) is 1. The topological polar surface area (TPSA) is 41.1 Å². The van der Waals surface area contributed by atoms with Gasteiger partial charge < -0.3 is 10.2 Å². The molecule has 2 saturated carbocycles. The molecule has 2 atom stereocenters. The summed E-state index contributed by atoms with van der Waals surface area (Å²) in [6.07, 6.45) is 14.8. The largest absolute Gasteiger partial charge is 0.352 e. The molecule has 114 valence electrons. The zero-order valence-corrected chi connectivity index (χ0v) is 12.8. The first-order chi connectivity index (χ1) is 10.4. The summed E-state index contributed by atoms with van der Waals surface area (Å²) in [5.41, 5.74) is 1.09. The molecule has 1 aromatic rings. The highest BCUT2D eigenvalue weighted by Gasteiger charge is 2.34. The van der Waals surface area contributed by atoms with Crippen molar-refractivity contribution in [1.29, 1.82) is 0 Å². The van der Waals surface area contributed by atoms with Crippen LogP contribution in [0.15, 0.2) is 12.4 Å². The van der Waals surface area contributed by atoms with E-state index in [4.69, 9.17) is 4.98 Å². The van der Waals surface area contributed by atoms with E-state index >= 15 is 0 Å². The van der Waals surface area contributed by atoms with Crippen LogP contribution < -0.4 is 10.2 Å². The van der Waals surface area contributed by atoms with Crippen molar-refractivity contribution in [3.63, 3.8) is 0 Å². The fourth-order valence-electron chi connectivity index (χ4n) is 4.06. The second-order valence-electron chi connectivity index (χ2n) is 6.97. The number of anilines is 1. The van der Waals surface area contributed by atoms with Gasteiger partial charge in [0.15, 0.2) is 0 Å². The van der Waals surface area contributed by atoms with Crippen LogP contribution in [0, 0.1) is 5.92 Å². The third-order valence-corrected chi connectivity index (χ3v) is 5.36. The number of nitrogens with zero attached hydrogens (tertiary/aromatic N) is 3. The van der Waals surface area contributed by atoms with E-state index in [9.17, 15) is 0 Å². The van der Waals surface area contributed by atoms with Gasteiger partial charge >= 0.3 is 0 Å². The second-order valence-corrected chi connectivity index (χ2v) is 6.97. The van der Waals surface area contributed by atoms with Crippen molar-refractivity contribution >= 4 is 5.82 Å². The Morgan fingerprint density at radius 3 is 2.81 bits per heavy atom. The standard InChI is InChI=1S/C17H26N4/c1-2-6-16-13(4-1)5-3-9-21(16)17-12-18-10-15(20-17)11-19-14-7-8-14/h10,12-14,16,19H,1-9,11H2. The van der Waals surface area contributed by atoms with E-state index in [1.807, 2.05) is 12.4 Å². The molecular weight excluding hydrogens is 260 g/mol. The van der Waals surface area contributed by atoms with Crippen LogP contribution >= 0.6 is 0 Å². The Kier molecular flexibility index (Phi) is 3.80. The summed E-state index contributed by atoms with van der Waals surface area (Å²) >= 11 is 0. The number of piperidine rings is 1. The molecule has 4 rings (SSSR count). The van der Waals surface area contributed by atoms with Crippen LogP contribution in [0.25, 0.3) is 0 Å².